The number of pyridine rings is 1. The number of carbonyl (C=O) groups is 1. The maximum absolute atomic E-state index is 12.0. The Balaban J connectivity index is 2.19. The van der Waals surface area contributed by atoms with Crippen LogP contribution in [0.25, 0.3) is 0 Å². The Morgan fingerprint density at radius 3 is 2.74 bits per heavy atom. The summed E-state index contributed by atoms with van der Waals surface area (Å²) in [6.45, 7) is 2.04. The van der Waals surface area contributed by atoms with Gasteiger partial charge in [0.15, 0.2) is 0 Å². The standard InChI is InChI=1S/C13H15N5O/c1-2-4-10-7-9(8-11(14)17-10)12(19)18-13-15-5-3-6-16-13/h3,5-8H,2,4H2,1H3,(H2,14,17)(H,15,16,18,19). The molecule has 0 spiro atoms. The van der Waals surface area contributed by atoms with Gasteiger partial charge < -0.3 is 5.73 Å². The van der Waals surface area contributed by atoms with E-state index in [0.717, 1.165) is 18.5 Å². The van der Waals surface area contributed by atoms with Crippen LogP contribution in [-0.2, 0) is 6.42 Å². The number of nitrogens with zero attached hydrogens (tertiary/aromatic N) is 3. The minimum Gasteiger partial charge on any atom is -0.384 e. The number of hydrogen-bond acceptors (Lipinski definition) is 5. The molecule has 2 rings (SSSR count). The first-order valence-electron chi connectivity index (χ1n) is 6.04. The van der Waals surface area contributed by atoms with Crippen LogP contribution in [0, 0.1) is 0 Å². The van der Waals surface area contributed by atoms with Crippen LogP contribution in [0.5, 0.6) is 0 Å². The average Bonchev–Trinajstić information content (AvgIpc) is 2.39. The van der Waals surface area contributed by atoms with Crippen molar-refractivity contribution in [2.45, 2.75) is 19.8 Å². The molecule has 0 unspecified atom stereocenters. The zero-order valence-electron chi connectivity index (χ0n) is 10.6. The number of nitrogens with two attached hydrogens (primary N) is 1. The summed E-state index contributed by atoms with van der Waals surface area (Å²) in [7, 11) is 0. The Bertz CT molecular complexity index is 571. The molecule has 0 saturated carbocycles. The first-order chi connectivity index (χ1) is 9.19. The van der Waals surface area contributed by atoms with E-state index in [1.807, 2.05) is 6.92 Å². The third kappa shape index (κ3) is 3.48. The van der Waals surface area contributed by atoms with Crippen molar-refractivity contribution < 1.29 is 4.79 Å². The number of rotatable bonds is 4. The molecule has 0 radical (unpaired) electrons. The Hall–Kier alpha value is -2.50. The van der Waals surface area contributed by atoms with E-state index in [1.54, 1.807) is 24.5 Å². The Kier molecular flexibility index (Phi) is 4.02. The molecule has 0 aliphatic carbocycles. The zero-order valence-corrected chi connectivity index (χ0v) is 10.6. The second kappa shape index (κ2) is 5.90. The summed E-state index contributed by atoms with van der Waals surface area (Å²) in [5.74, 6) is 0.308. The van der Waals surface area contributed by atoms with E-state index >= 15 is 0 Å². The molecule has 0 atom stereocenters. The summed E-state index contributed by atoms with van der Waals surface area (Å²) in [4.78, 5) is 24.1. The fourth-order valence-electron chi connectivity index (χ4n) is 1.66. The molecule has 19 heavy (non-hydrogen) atoms. The van der Waals surface area contributed by atoms with E-state index in [4.69, 9.17) is 5.73 Å². The van der Waals surface area contributed by atoms with Crippen molar-refractivity contribution in [2.24, 2.45) is 0 Å². The molecule has 2 aromatic rings. The van der Waals surface area contributed by atoms with E-state index in [-0.39, 0.29) is 11.9 Å². The van der Waals surface area contributed by atoms with Gasteiger partial charge in [0.2, 0.25) is 5.95 Å². The monoisotopic (exact) mass is 257 g/mol. The molecular weight excluding hydrogens is 242 g/mol. The van der Waals surface area contributed by atoms with Crippen molar-refractivity contribution in [3.05, 3.63) is 41.9 Å². The van der Waals surface area contributed by atoms with Gasteiger partial charge in [-0.15, -0.1) is 0 Å². The molecule has 0 aliphatic rings. The topological polar surface area (TPSA) is 93.8 Å². The van der Waals surface area contributed by atoms with Crippen molar-refractivity contribution >= 4 is 17.7 Å². The minimum absolute atomic E-state index is 0.264. The van der Waals surface area contributed by atoms with Crippen molar-refractivity contribution in [2.75, 3.05) is 11.1 Å². The van der Waals surface area contributed by atoms with Crippen LogP contribution in [0.15, 0.2) is 30.6 Å². The van der Waals surface area contributed by atoms with Gasteiger partial charge in [-0.1, -0.05) is 13.3 Å². The fourth-order valence-corrected chi connectivity index (χ4v) is 1.66. The maximum atomic E-state index is 12.0. The van der Waals surface area contributed by atoms with Crippen LogP contribution >= 0.6 is 0 Å². The smallest absolute Gasteiger partial charge is 0.258 e. The first kappa shape index (κ1) is 12.9. The molecule has 0 saturated heterocycles. The first-order valence-corrected chi connectivity index (χ1v) is 6.04. The molecule has 1 amide bonds. The highest BCUT2D eigenvalue weighted by Gasteiger charge is 2.10. The SMILES string of the molecule is CCCc1cc(C(=O)Nc2ncccn2)cc(N)n1. The number of aryl methyl sites for hydroxylation is 1. The van der Waals surface area contributed by atoms with Gasteiger partial charge in [0.25, 0.3) is 5.91 Å². The van der Waals surface area contributed by atoms with E-state index in [0.29, 0.717) is 11.4 Å². The molecule has 3 N–H and O–H groups in total. The lowest BCUT2D eigenvalue weighted by Gasteiger charge is -2.06. The number of aromatic nitrogens is 3. The van der Waals surface area contributed by atoms with E-state index in [9.17, 15) is 4.79 Å². The fraction of sp³-hybridized carbons (Fsp3) is 0.231. The summed E-state index contributed by atoms with van der Waals surface area (Å²) in [6.07, 6.45) is 4.85. The molecule has 2 aromatic heterocycles. The quantitative estimate of drug-likeness (QED) is 0.868. The van der Waals surface area contributed by atoms with E-state index in [1.165, 1.54) is 6.07 Å². The van der Waals surface area contributed by atoms with Gasteiger partial charge in [-0.2, -0.15) is 0 Å². The van der Waals surface area contributed by atoms with Gasteiger partial charge in [0.1, 0.15) is 5.82 Å². The van der Waals surface area contributed by atoms with Crippen LogP contribution in [0.2, 0.25) is 0 Å². The van der Waals surface area contributed by atoms with Gasteiger partial charge in [-0.3, -0.25) is 10.1 Å². The summed E-state index contributed by atoms with van der Waals surface area (Å²) < 4.78 is 0. The van der Waals surface area contributed by atoms with Gasteiger partial charge in [0.05, 0.1) is 0 Å². The van der Waals surface area contributed by atoms with Gasteiger partial charge in [-0.05, 0) is 24.6 Å². The number of carbonyl (C=O) groups excluding carboxylic acids is 1. The van der Waals surface area contributed by atoms with Crippen LogP contribution in [-0.4, -0.2) is 20.9 Å². The van der Waals surface area contributed by atoms with E-state index < -0.39 is 0 Å². The summed E-state index contributed by atoms with van der Waals surface area (Å²) in [6, 6.07) is 4.95. The molecule has 0 fully saturated rings. The highest BCUT2D eigenvalue weighted by Crippen LogP contribution is 2.11. The van der Waals surface area contributed by atoms with E-state index in [2.05, 4.69) is 20.3 Å². The number of nitrogen functional groups attached to an aromatic ring is 1. The Morgan fingerprint density at radius 1 is 1.32 bits per heavy atom. The molecule has 0 bridgehead atoms. The number of hydrogen-bond donors (Lipinski definition) is 2. The molecular formula is C13H15N5O. The second-order valence-corrected chi connectivity index (χ2v) is 4.05. The lowest BCUT2D eigenvalue weighted by molar-refractivity contribution is 0.102. The highest BCUT2D eigenvalue weighted by atomic mass is 16.1. The van der Waals surface area contributed by atoms with Crippen LogP contribution in [0.1, 0.15) is 29.4 Å². The Morgan fingerprint density at radius 2 is 2.05 bits per heavy atom. The largest absolute Gasteiger partial charge is 0.384 e. The van der Waals surface area contributed by atoms with Crippen molar-refractivity contribution in [3.63, 3.8) is 0 Å². The zero-order chi connectivity index (χ0) is 13.7. The van der Waals surface area contributed by atoms with Gasteiger partial charge >= 0.3 is 0 Å². The third-order valence-corrected chi connectivity index (χ3v) is 2.46. The normalized spacial score (nSPS) is 10.2. The predicted molar refractivity (Wildman–Crippen MR) is 72.6 cm³/mol. The summed E-state index contributed by atoms with van der Waals surface area (Å²) >= 11 is 0. The average molecular weight is 257 g/mol. The van der Waals surface area contributed by atoms with Crippen LogP contribution in [0.4, 0.5) is 11.8 Å². The predicted octanol–water partition coefficient (Wildman–Crippen LogP) is 1.66. The maximum Gasteiger partial charge on any atom is 0.258 e. The highest BCUT2D eigenvalue weighted by molar-refractivity contribution is 6.03. The summed E-state index contributed by atoms with van der Waals surface area (Å²) in [5.41, 5.74) is 6.97. The number of amides is 1. The molecule has 98 valence electrons. The Labute approximate surface area is 111 Å². The third-order valence-electron chi connectivity index (χ3n) is 2.46. The molecule has 0 aromatic carbocycles. The second-order valence-electron chi connectivity index (χ2n) is 4.05. The van der Waals surface area contributed by atoms with Crippen molar-refractivity contribution in [3.8, 4) is 0 Å². The molecule has 6 nitrogen and oxygen atoms in total. The molecule has 0 aliphatic heterocycles. The van der Waals surface area contributed by atoms with Crippen LogP contribution < -0.4 is 11.1 Å². The minimum atomic E-state index is -0.294. The van der Waals surface area contributed by atoms with Crippen molar-refractivity contribution in [1.29, 1.82) is 0 Å². The van der Waals surface area contributed by atoms with Crippen molar-refractivity contribution in [1.82, 2.24) is 15.0 Å². The molecule has 6 heteroatoms. The van der Waals surface area contributed by atoms with Gasteiger partial charge in [-0.25, -0.2) is 15.0 Å². The summed E-state index contributed by atoms with van der Waals surface area (Å²) in [5, 5.41) is 2.61. The number of nitrogens with one attached hydrogen (secondary N) is 1. The lowest BCUT2D eigenvalue weighted by atomic mass is 10.1. The lowest BCUT2D eigenvalue weighted by Crippen LogP contribution is -2.15. The number of anilines is 2. The van der Waals surface area contributed by atoms with Crippen LogP contribution in [0.3, 0.4) is 0 Å². The van der Waals surface area contributed by atoms with Gasteiger partial charge in [0, 0.05) is 23.7 Å². The molecule has 2 heterocycles.